The van der Waals surface area contributed by atoms with Gasteiger partial charge in [0.1, 0.15) is 5.75 Å². The third kappa shape index (κ3) is 3.92. The number of hydrogen-bond donors (Lipinski definition) is 1. The van der Waals surface area contributed by atoms with Crippen LogP contribution in [0.25, 0.3) is 0 Å². The van der Waals surface area contributed by atoms with Gasteiger partial charge in [-0.15, -0.1) is 0 Å². The molecule has 128 valence electrons. The van der Waals surface area contributed by atoms with Gasteiger partial charge < -0.3 is 14.6 Å². The standard InChI is InChI=1S/C19H27BrO3/c1-2-3-4-6-15(21)13-14-7-8-17(20)18-16(14)9-11-19(23-18)10-5-12-22-19/h7-8,15,21H,2-6,9-13H2,1H3/t15-,19+/m1/s1. The Labute approximate surface area is 147 Å². The van der Waals surface area contributed by atoms with Crippen LogP contribution in [0, 0.1) is 0 Å². The van der Waals surface area contributed by atoms with Gasteiger partial charge in [0.15, 0.2) is 0 Å². The molecule has 4 heteroatoms. The molecule has 2 aliphatic rings. The Balaban J connectivity index is 1.73. The van der Waals surface area contributed by atoms with Crippen LogP contribution in [-0.2, 0) is 17.6 Å². The SMILES string of the molecule is CCCCC[C@@H](O)Cc1ccc(Br)c2c1CC[C@]1(CCCO1)O2. The number of fused-ring (bicyclic) bond motifs is 1. The number of rotatable bonds is 6. The summed E-state index contributed by atoms with van der Waals surface area (Å²) in [7, 11) is 0. The van der Waals surface area contributed by atoms with Crippen molar-refractivity contribution in [2.45, 2.75) is 76.6 Å². The molecule has 0 amide bonds. The van der Waals surface area contributed by atoms with Gasteiger partial charge in [-0.25, -0.2) is 0 Å². The summed E-state index contributed by atoms with van der Waals surface area (Å²) < 4.78 is 13.2. The van der Waals surface area contributed by atoms with E-state index in [1.807, 2.05) is 6.07 Å². The first-order chi connectivity index (χ1) is 11.1. The molecule has 1 saturated heterocycles. The van der Waals surface area contributed by atoms with Crippen molar-refractivity contribution < 1.29 is 14.6 Å². The Morgan fingerprint density at radius 3 is 2.91 bits per heavy atom. The van der Waals surface area contributed by atoms with Crippen LogP contribution in [0.2, 0.25) is 0 Å². The van der Waals surface area contributed by atoms with E-state index >= 15 is 0 Å². The molecule has 3 nitrogen and oxygen atoms in total. The fourth-order valence-electron chi connectivity index (χ4n) is 3.70. The van der Waals surface area contributed by atoms with Gasteiger partial charge >= 0.3 is 0 Å². The maximum absolute atomic E-state index is 10.3. The molecule has 1 aromatic rings. The van der Waals surface area contributed by atoms with Crippen molar-refractivity contribution in [1.29, 1.82) is 0 Å². The van der Waals surface area contributed by atoms with Crippen LogP contribution in [0.3, 0.4) is 0 Å². The van der Waals surface area contributed by atoms with Crippen LogP contribution in [0.4, 0.5) is 0 Å². The second-order valence-electron chi connectivity index (χ2n) is 6.83. The van der Waals surface area contributed by atoms with Crippen LogP contribution in [0.1, 0.15) is 63.0 Å². The van der Waals surface area contributed by atoms with Gasteiger partial charge in [0.05, 0.1) is 17.2 Å². The Hall–Kier alpha value is -0.580. The number of aliphatic hydroxyl groups excluding tert-OH is 1. The summed E-state index contributed by atoms with van der Waals surface area (Å²) in [5, 5.41) is 10.3. The Morgan fingerprint density at radius 2 is 2.17 bits per heavy atom. The zero-order valence-corrected chi connectivity index (χ0v) is 15.5. The van der Waals surface area contributed by atoms with Crippen LogP contribution < -0.4 is 4.74 Å². The molecule has 0 saturated carbocycles. The molecule has 0 bridgehead atoms. The maximum atomic E-state index is 10.3. The summed E-state index contributed by atoms with van der Waals surface area (Å²) >= 11 is 3.62. The summed E-state index contributed by atoms with van der Waals surface area (Å²) in [6.07, 6.45) is 8.75. The smallest absolute Gasteiger partial charge is 0.211 e. The molecule has 2 atom stereocenters. The lowest BCUT2D eigenvalue weighted by molar-refractivity contribution is -0.160. The van der Waals surface area contributed by atoms with E-state index in [2.05, 4.69) is 28.9 Å². The average molecular weight is 383 g/mol. The molecule has 2 heterocycles. The van der Waals surface area contributed by atoms with E-state index in [0.717, 1.165) is 61.8 Å². The maximum Gasteiger partial charge on any atom is 0.211 e. The highest BCUT2D eigenvalue weighted by Crippen LogP contribution is 2.44. The van der Waals surface area contributed by atoms with E-state index in [9.17, 15) is 5.11 Å². The average Bonchev–Trinajstić information content (AvgIpc) is 2.99. The first-order valence-electron chi connectivity index (χ1n) is 8.95. The van der Waals surface area contributed by atoms with Crippen molar-refractivity contribution in [3.63, 3.8) is 0 Å². The first-order valence-corrected chi connectivity index (χ1v) is 9.74. The zero-order chi connectivity index (χ0) is 16.3. The second-order valence-corrected chi connectivity index (χ2v) is 7.69. The number of unbranched alkanes of at least 4 members (excludes halogenated alkanes) is 2. The van der Waals surface area contributed by atoms with E-state index in [1.165, 1.54) is 24.0 Å². The van der Waals surface area contributed by atoms with Gasteiger partial charge in [-0.1, -0.05) is 32.3 Å². The molecule has 1 spiro atoms. The molecule has 23 heavy (non-hydrogen) atoms. The minimum absolute atomic E-state index is 0.259. The van der Waals surface area contributed by atoms with Gasteiger partial charge in [0, 0.05) is 12.8 Å². The Bertz CT molecular complexity index is 538. The van der Waals surface area contributed by atoms with Crippen molar-refractivity contribution in [2.24, 2.45) is 0 Å². The zero-order valence-electron chi connectivity index (χ0n) is 13.9. The predicted octanol–water partition coefficient (Wildman–Crippen LogP) is 4.76. The van der Waals surface area contributed by atoms with E-state index < -0.39 is 5.79 Å². The largest absolute Gasteiger partial charge is 0.461 e. The molecular weight excluding hydrogens is 356 g/mol. The topological polar surface area (TPSA) is 38.7 Å². The van der Waals surface area contributed by atoms with E-state index in [0.29, 0.717) is 0 Å². The molecule has 1 aromatic carbocycles. The summed E-state index contributed by atoms with van der Waals surface area (Å²) in [6.45, 7) is 2.98. The van der Waals surface area contributed by atoms with Gasteiger partial charge in [0.25, 0.3) is 0 Å². The fourth-order valence-corrected chi connectivity index (χ4v) is 4.16. The molecule has 0 aliphatic carbocycles. The normalized spacial score (nSPS) is 24.5. The number of halogens is 1. The third-order valence-corrected chi connectivity index (χ3v) is 5.64. The molecule has 0 unspecified atom stereocenters. The first kappa shape index (κ1) is 17.2. The third-order valence-electron chi connectivity index (χ3n) is 5.02. The molecule has 0 radical (unpaired) electrons. The number of ether oxygens (including phenoxy) is 2. The number of hydrogen-bond acceptors (Lipinski definition) is 3. The van der Waals surface area contributed by atoms with Gasteiger partial charge in [-0.05, 0) is 58.8 Å². The lowest BCUT2D eigenvalue weighted by Gasteiger charge is -2.36. The summed E-state index contributed by atoms with van der Waals surface area (Å²) in [5.74, 6) is 0.518. The molecule has 0 aromatic heterocycles. The van der Waals surface area contributed by atoms with Crippen LogP contribution in [0.15, 0.2) is 16.6 Å². The van der Waals surface area contributed by atoms with Crippen molar-refractivity contribution in [2.75, 3.05) is 6.61 Å². The van der Waals surface area contributed by atoms with Crippen molar-refractivity contribution in [3.8, 4) is 5.75 Å². The lowest BCUT2D eigenvalue weighted by Crippen LogP contribution is -2.39. The van der Waals surface area contributed by atoms with Gasteiger partial charge in [-0.3, -0.25) is 0 Å². The monoisotopic (exact) mass is 382 g/mol. The van der Waals surface area contributed by atoms with Crippen molar-refractivity contribution in [1.82, 2.24) is 0 Å². The van der Waals surface area contributed by atoms with E-state index in [1.54, 1.807) is 0 Å². The van der Waals surface area contributed by atoms with Crippen molar-refractivity contribution >= 4 is 15.9 Å². The van der Waals surface area contributed by atoms with Crippen molar-refractivity contribution in [3.05, 3.63) is 27.7 Å². The lowest BCUT2D eigenvalue weighted by atomic mass is 9.91. The molecular formula is C19H27BrO3. The van der Waals surface area contributed by atoms with Gasteiger partial charge in [0.2, 0.25) is 5.79 Å². The Morgan fingerprint density at radius 1 is 1.30 bits per heavy atom. The van der Waals surface area contributed by atoms with Crippen LogP contribution >= 0.6 is 15.9 Å². The quantitative estimate of drug-likeness (QED) is 0.720. The van der Waals surface area contributed by atoms with E-state index in [4.69, 9.17) is 9.47 Å². The van der Waals surface area contributed by atoms with Crippen LogP contribution in [0.5, 0.6) is 5.75 Å². The minimum atomic E-state index is -0.409. The summed E-state index contributed by atoms with van der Waals surface area (Å²) in [5.41, 5.74) is 2.47. The van der Waals surface area contributed by atoms with Crippen LogP contribution in [-0.4, -0.2) is 23.6 Å². The molecule has 1 N–H and O–H groups in total. The second kappa shape index (κ2) is 7.54. The summed E-state index contributed by atoms with van der Waals surface area (Å²) in [4.78, 5) is 0. The highest BCUT2D eigenvalue weighted by molar-refractivity contribution is 9.10. The molecule has 2 aliphatic heterocycles. The highest BCUT2D eigenvalue weighted by Gasteiger charge is 2.41. The summed E-state index contributed by atoms with van der Waals surface area (Å²) in [6, 6.07) is 4.17. The minimum Gasteiger partial charge on any atom is -0.461 e. The molecule has 3 rings (SSSR count). The Kier molecular flexibility index (Phi) is 5.65. The van der Waals surface area contributed by atoms with E-state index in [-0.39, 0.29) is 6.10 Å². The van der Waals surface area contributed by atoms with Gasteiger partial charge in [-0.2, -0.15) is 0 Å². The number of benzene rings is 1. The molecule has 1 fully saturated rings. The number of aliphatic hydroxyl groups is 1. The highest BCUT2D eigenvalue weighted by atomic mass is 79.9. The predicted molar refractivity (Wildman–Crippen MR) is 94.9 cm³/mol. The fraction of sp³-hybridized carbons (Fsp3) is 0.684.